The van der Waals surface area contributed by atoms with Gasteiger partial charge in [0.1, 0.15) is 0 Å². The van der Waals surface area contributed by atoms with E-state index < -0.39 is 0 Å². The van der Waals surface area contributed by atoms with E-state index in [2.05, 4.69) is 20.5 Å². The molecular formula is C8H16N6S2. The lowest BCUT2D eigenvalue weighted by molar-refractivity contribution is 0.664. The van der Waals surface area contributed by atoms with E-state index in [0.29, 0.717) is 5.17 Å². The standard InChI is InChI=1S/C8H16N6S2/c1-10-7(9)15-5-3-4-6-16-8-11-12-13-14(8)2/h3-6H2,1-2H3,(H2,9,10). The normalized spacial score (nSPS) is 12.0. The summed E-state index contributed by atoms with van der Waals surface area (Å²) in [6, 6.07) is 0. The molecule has 1 heterocycles. The summed E-state index contributed by atoms with van der Waals surface area (Å²) in [4.78, 5) is 3.88. The van der Waals surface area contributed by atoms with Gasteiger partial charge in [-0.05, 0) is 23.3 Å². The summed E-state index contributed by atoms with van der Waals surface area (Å²) < 4.78 is 1.68. The molecule has 0 fully saturated rings. The minimum Gasteiger partial charge on any atom is -0.379 e. The van der Waals surface area contributed by atoms with Gasteiger partial charge in [0.2, 0.25) is 5.16 Å². The highest BCUT2D eigenvalue weighted by atomic mass is 32.2. The van der Waals surface area contributed by atoms with Crippen molar-refractivity contribution in [1.29, 1.82) is 0 Å². The second-order valence-electron chi connectivity index (χ2n) is 3.05. The minimum absolute atomic E-state index is 0.658. The third kappa shape index (κ3) is 4.84. The van der Waals surface area contributed by atoms with Gasteiger partial charge in [0, 0.05) is 25.6 Å². The van der Waals surface area contributed by atoms with Crippen molar-refractivity contribution in [2.24, 2.45) is 17.8 Å². The molecule has 90 valence electrons. The SMILES string of the molecule is CN=C(N)SCCCCSc1nnnn1C. The Morgan fingerprint density at radius 1 is 1.44 bits per heavy atom. The van der Waals surface area contributed by atoms with Crippen LogP contribution in [0.25, 0.3) is 0 Å². The number of hydrogen-bond donors (Lipinski definition) is 1. The van der Waals surface area contributed by atoms with Gasteiger partial charge in [0.05, 0.1) is 0 Å². The number of aromatic nitrogens is 4. The van der Waals surface area contributed by atoms with E-state index >= 15 is 0 Å². The van der Waals surface area contributed by atoms with E-state index in [9.17, 15) is 0 Å². The quantitative estimate of drug-likeness (QED) is 0.352. The van der Waals surface area contributed by atoms with Crippen molar-refractivity contribution in [2.75, 3.05) is 18.6 Å². The molecule has 2 N–H and O–H groups in total. The van der Waals surface area contributed by atoms with Gasteiger partial charge in [0.15, 0.2) is 5.17 Å². The van der Waals surface area contributed by atoms with Gasteiger partial charge < -0.3 is 5.73 Å². The number of aliphatic imine (C=N–C) groups is 1. The fourth-order valence-corrected chi connectivity index (χ4v) is 2.49. The zero-order valence-corrected chi connectivity index (χ0v) is 11.1. The lowest BCUT2D eigenvalue weighted by Gasteiger charge is -2.00. The van der Waals surface area contributed by atoms with Gasteiger partial charge in [0.25, 0.3) is 0 Å². The third-order valence-corrected chi connectivity index (χ3v) is 3.89. The number of aryl methyl sites for hydroxylation is 1. The largest absolute Gasteiger partial charge is 0.379 e. The molecule has 0 atom stereocenters. The van der Waals surface area contributed by atoms with Crippen LogP contribution in [-0.4, -0.2) is 43.9 Å². The Balaban J connectivity index is 2.03. The Morgan fingerprint density at radius 2 is 2.19 bits per heavy atom. The van der Waals surface area contributed by atoms with Crippen molar-refractivity contribution in [1.82, 2.24) is 20.2 Å². The van der Waals surface area contributed by atoms with Crippen molar-refractivity contribution in [3.8, 4) is 0 Å². The number of amidine groups is 1. The fraction of sp³-hybridized carbons (Fsp3) is 0.750. The van der Waals surface area contributed by atoms with Gasteiger partial charge in [-0.3, -0.25) is 4.99 Å². The third-order valence-electron chi connectivity index (χ3n) is 1.82. The molecule has 0 unspecified atom stereocenters. The average molecular weight is 260 g/mol. The molecule has 0 saturated heterocycles. The van der Waals surface area contributed by atoms with Crippen LogP contribution in [0.1, 0.15) is 12.8 Å². The van der Waals surface area contributed by atoms with Crippen LogP contribution in [0.5, 0.6) is 0 Å². The first-order chi connectivity index (χ1) is 7.74. The average Bonchev–Trinajstić information content (AvgIpc) is 2.69. The van der Waals surface area contributed by atoms with E-state index in [1.807, 2.05) is 7.05 Å². The summed E-state index contributed by atoms with van der Waals surface area (Å²) in [7, 11) is 3.55. The van der Waals surface area contributed by atoms with E-state index in [1.165, 1.54) is 0 Å². The van der Waals surface area contributed by atoms with E-state index in [4.69, 9.17) is 5.73 Å². The van der Waals surface area contributed by atoms with Crippen LogP contribution >= 0.6 is 23.5 Å². The molecule has 6 nitrogen and oxygen atoms in total. The number of nitrogens with two attached hydrogens (primary N) is 1. The first kappa shape index (κ1) is 13.3. The van der Waals surface area contributed by atoms with Gasteiger partial charge in [-0.1, -0.05) is 23.5 Å². The second kappa shape index (κ2) is 7.50. The van der Waals surface area contributed by atoms with Gasteiger partial charge >= 0.3 is 0 Å². The number of nitrogens with zero attached hydrogens (tertiary/aromatic N) is 5. The monoisotopic (exact) mass is 260 g/mol. The second-order valence-corrected chi connectivity index (χ2v) is 5.23. The Kier molecular flexibility index (Phi) is 6.24. The zero-order chi connectivity index (χ0) is 11.8. The number of tetrazole rings is 1. The van der Waals surface area contributed by atoms with Crippen LogP contribution in [0.3, 0.4) is 0 Å². The maximum atomic E-state index is 5.56. The Morgan fingerprint density at radius 3 is 2.81 bits per heavy atom. The fourth-order valence-electron chi connectivity index (χ4n) is 0.952. The molecule has 1 aromatic heterocycles. The number of rotatable bonds is 6. The Hall–Kier alpha value is -0.760. The maximum Gasteiger partial charge on any atom is 0.209 e. The van der Waals surface area contributed by atoms with Crippen LogP contribution < -0.4 is 5.73 Å². The highest BCUT2D eigenvalue weighted by Crippen LogP contribution is 2.15. The summed E-state index contributed by atoms with van der Waals surface area (Å²) in [6.07, 6.45) is 2.25. The first-order valence-corrected chi connectivity index (χ1v) is 6.91. The highest BCUT2D eigenvalue weighted by molar-refractivity contribution is 8.13. The lowest BCUT2D eigenvalue weighted by Crippen LogP contribution is -2.06. The number of unbranched alkanes of at least 4 members (excludes halogenated alkanes) is 1. The van der Waals surface area contributed by atoms with E-state index in [-0.39, 0.29) is 0 Å². The summed E-state index contributed by atoms with van der Waals surface area (Å²) >= 11 is 3.27. The molecule has 0 spiro atoms. The van der Waals surface area contributed by atoms with Gasteiger partial charge in [-0.25, -0.2) is 4.68 Å². The van der Waals surface area contributed by atoms with E-state index in [0.717, 1.165) is 29.5 Å². The summed E-state index contributed by atoms with van der Waals surface area (Å²) in [5, 5.41) is 12.8. The number of thioether (sulfide) groups is 2. The van der Waals surface area contributed by atoms with Gasteiger partial charge in [-0.15, -0.1) is 5.10 Å². The van der Waals surface area contributed by atoms with Crippen LogP contribution in [0.15, 0.2) is 10.1 Å². The van der Waals surface area contributed by atoms with Crippen LogP contribution in [0.4, 0.5) is 0 Å². The summed E-state index contributed by atoms with van der Waals surface area (Å²) in [5.74, 6) is 2.04. The van der Waals surface area contributed by atoms with Crippen molar-refractivity contribution in [2.45, 2.75) is 18.0 Å². The molecule has 1 aromatic rings. The zero-order valence-electron chi connectivity index (χ0n) is 9.46. The van der Waals surface area contributed by atoms with Crippen molar-refractivity contribution < 1.29 is 0 Å². The molecule has 0 radical (unpaired) electrons. The molecule has 16 heavy (non-hydrogen) atoms. The maximum absolute atomic E-state index is 5.56. The molecule has 0 aliphatic rings. The van der Waals surface area contributed by atoms with E-state index in [1.54, 1.807) is 35.3 Å². The Labute approximate surface area is 103 Å². The predicted molar refractivity (Wildman–Crippen MR) is 68.8 cm³/mol. The van der Waals surface area contributed by atoms with Crippen LogP contribution in [0, 0.1) is 0 Å². The van der Waals surface area contributed by atoms with Crippen molar-refractivity contribution >= 4 is 28.7 Å². The van der Waals surface area contributed by atoms with Crippen LogP contribution in [-0.2, 0) is 7.05 Å². The Bertz CT molecular complexity index is 337. The summed E-state index contributed by atoms with van der Waals surface area (Å²) in [6.45, 7) is 0. The molecule has 0 amide bonds. The van der Waals surface area contributed by atoms with Crippen molar-refractivity contribution in [3.05, 3.63) is 0 Å². The highest BCUT2D eigenvalue weighted by Gasteiger charge is 2.01. The smallest absolute Gasteiger partial charge is 0.209 e. The molecule has 8 heteroatoms. The predicted octanol–water partition coefficient (Wildman–Crippen LogP) is 0.760. The molecular weight excluding hydrogens is 244 g/mol. The summed E-state index contributed by atoms with van der Waals surface area (Å²) in [5.41, 5.74) is 5.56. The molecule has 0 aliphatic carbocycles. The molecule has 0 bridgehead atoms. The molecule has 1 rings (SSSR count). The topological polar surface area (TPSA) is 82.0 Å². The van der Waals surface area contributed by atoms with Crippen molar-refractivity contribution in [3.63, 3.8) is 0 Å². The lowest BCUT2D eigenvalue weighted by atomic mass is 10.4. The van der Waals surface area contributed by atoms with Gasteiger partial charge in [-0.2, -0.15) is 0 Å². The van der Waals surface area contributed by atoms with Crippen LogP contribution in [0.2, 0.25) is 0 Å². The minimum atomic E-state index is 0.658. The molecule has 0 aromatic carbocycles. The number of hydrogen-bond acceptors (Lipinski definition) is 6. The molecule has 0 saturated carbocycles. The first-order valence-electron chi connectivity index (χ1n) is 4.94. The molecule has 0 aliphatic heterocycles.